The predicted octanol–water partition coefficient (Wildman–Crippen LogP) is 3.17. The van der Waals surface area contributed by atoms with Crippen LogP contribution >= 0.6 is 0 Å². The van der Waals surface area contributed by atoms with E-state index < -0.39 is 51.4 Å². The SMILES string of the molecule is O=C(Nc1ccc(F)c(F)c1)c1ccc(CF)c(S(=O)(=O)N2CCC(O)C(F)CC2)c1. The summed E-state index contributed by atoms with van der Waals surface area (Å²) in [5, 5.41) is 12.0. The number of carbonyl (C=O) groups excluding carboxylic acids is 1. The maximum absolute atomic E-state index is 13.7. The van der Waals surface area contributed by atoms with Crippen molar-refractivity contribution in [3.63, 3.8) is 0 Å². The molecule has 2 N–H and O–H groups in total. The molecule has 0 spiro atoms. The Labute approximate surface area is 176 Å². The van der Waals surface area contributed by atoms with Gasteiger partial charge in [-0.3, -0.25) is 4.79 Å². The molecule has 1 heterocycles. The number of rotatable bonds is 5. The Morgan fingerprint density at radius 3 is 2.48 bits per heavy atom. The maximum atomic E-state index is 13.7. The van der Waals surface area contributed by atoms with Gasteiger partial charge in [-0.05, 0) is 37.1 Å². The molecule has 168 valence electrons. The number of hydrogen-bond acceptors (Lipinski definition) is 4. The Kier molecular flexibility index (Phi) is 6.97. The molecular formula is C20H20F4N2O4S. The van der Waals surface area contributed by atoms with Crippen LogP contribution in [0, 0.1) is 11.6 Å². The number of nitrogens with one attached hydrogen (secondary N) is 1. The first kappa shape index (κ1) is 23.2. The quantitative estimate of drug-likeness (QED) is 0.672. The summed E-state index contributed by atoms with van der Waals surface area (Å²) in [4.78, 5) is 12.0. The third-order valence-corrected chi connectivity index (χ3v) is 7.00. The van der Waals surface area contributed by atoms with Gasteiger partial charge in [0.15, 0.2) is 11.6 Å². The van der Waals surface area contributed by atoms with E-state index in [2.05, 4.69) is 5.32 Å². The number of sulfonamides is 1. The third kappa shape index (κ3) is 5.05. The summed E-state index contributed by atoms with van der Waals surface area (Å²) in [6.07, 6.45) is -3.22. The molecule has 31 heavy (non-hydrogen) atoms. The summed E-state index contributed by atoms with van der Waals surface area (Å²) in [5.41, 5.74) is -0.400. The first-order valence-electron chi connectivity index (χ1n) is 9.41. The van der Waals surface area contributed by atoms with Gasteiger partial charge in [0.2, 0.25) is 10.0 Å². The highest BCUT2D eigenvalue weighted by atomic mass is 32.2. The molecule has 2 aromatic rings. The van der Waals surface area contributed by atoms with Gasteiger partial charge < -0.3 is 10.4 Å². The molecule has 1 aliphatic heterocycles. The third-order valence-electron chi connectivity index (χ3n) is 5.01. The molecule has 0 bridgehead atoms. The molecule has 1 fully saturated rings. The van der Waals surface area contributed by atoms with Gasteiger partial charge in [-0.15, -0.1) is 0 Å². The van der Waals surface area contributed by atoms with Crippen molar-refractivity contribution in [2.45, 2.75) is 36.7 Å². The van der Waals surface area contributed by atoms with Crippen molar-refractivity contribution in [1.29, 1.82) is 0 Å². The van der Waals surface area contributed by atoms with E-state index in [1.54, 1.807) is 0 Å². The summed E-state index contributed by atoms with van der Waals surface area (Å²) in [6, 6.07) is 6.02. The zero-order chi connectivity index (χ0) is 22.8. The van der Waals surface area contributed by atoms with Crippen LogP contribution in [-0.2, 0) is 16.7 Å². The first-order valence-corrected chi connectivity index (χ1v) is 10.8. The van der Waals surface area contributed by atoms with Crippen LogP contribution in [0.2, 0.25) is 0 Å². The molecule has 0 aliphatic carbocycles. The van der Waals surface area contributed by atoms with Gasteiger partial charge >= 0.3 is 0 Å². The summed E-state index contributed by atoms with van der Waals surface area (Å²) in [5.74, 6) is -3.09. The maximum Gasteiger partial charge on any atom is 0.255 e. The van der Waals surface area contributed by atoms with Crippen molar-refractivity contribution >= 4 is 21.6 Å². The van der Waals surface area contributed by atoms with Crippen LogP contribution in [0.4, 0.5) is 23.2 Å². The first-order chi connectivity index (χ1) is 14.6. The van der Waals surface area contributed by atoms with Crippen molar-refractivity contribution in [3.05, 3.63) is 59.2 Å². The molecule has 0 aromatic heterocycles. The van der Waals surface area contributed by atoms with Gasteiger partial charge in [0.1, 0.15) is 12.8 Å². The number of amides is 1. The monoisotopic (exact) mass is 460 g/mol. The minimum absolute atomic E-state index is 0.0571. The van der Waals surface area contributed by atoms with E-state index in [-0.39, 0.29) is 42.7 Å². The highest BCUT2D eigenvalue weighted by Crippen LogP contribution is 2.26. The molecule has 3 rings (SSSR count). The zero-order valence-electron chi connectivity index (χ0n) is 16.2. The minimum Gasteiger partial charge on any atom is -0.390 e. The Morgan fingerprint density at radius 1 is 1.10 bits per heavy atom. The Balaban J connectivity index is 1.90. The fourth-order valence-corrected chi connectivity index (χ4v) is 4.93. The number of aliphatic hydroxyl groups is 1. The average Bonchev–Trinajstić information content (AvgIpc) is 2.91. The molecule has 0 radical (unpaired) electrons. The molecule has 0 saturated carbocycles. The van der Waals surface area contributed by atoms with Crippen molar-refractivity contribution < 1.29 is 35.9 Å². The van der Waals surface area contributed by atoms with Crippen LogP contribution in [-0.4, -0.2) is 49.1 Å². The lowest BCUT2D eigenvalue weighted by Crippen LogP contribution is -2.33. The van der Waals surface area contributed by atoms with Crippen LogP contribution in [0.5, 0.6) is 0 Å². The smallest absolute Gasteiger partial charge is 0.255 e. The standard InChI is InChI=1S/C20H20F4N2O4S/c21-11-13-2-1-12(20(28)25-14-3-4-15(22)17(24)10-14)9-19(13)31(29,30)26-7-5-16(23)18(27)6-8-26/h1-4,9-10,16,18,27H,5-8,11H2,(H,25,28). The predicted molar refractivity (Wildman–Crippen MR) is 104 cm³/mol. The lowest BCUT2D eigenvalue weighted by molar-refractivity contribution is 0.0757. The van der Waals surface area contributed by atoms with Gasteiger partial charge in [0, 0.05) is 36.0 Å². The second kappa shape index (κ2) is 9.33. The number of anilines is 1. The second-order valence-electron chi connectivity index (χ2n) is 7.10. The molecule has 11 heteroatoms. The van der Waals surface area contributed by atoms with Gasteiger partial charge in [-0.1, -0.05) is 6.07 Å². The summed E-state index contributed by atoms with van der Waals surface area (Å²) >= 11 is 0. The number of hydrogen-bond donors (Lipinski definition) is 2. The number of aliphatic hydroxyl groups excluding tert-OH is 1. The normalized spacial score (nSPS) is 20.3. The Hall–Kier alpha value is -2.50. The van der Waals surface area contributed by atoms with E-state index in [1.807, 2.05) is 0 Å². The molecule has 2 atom stereocenters. The molecule has 1 amide bonds. The summed E-state index contributed by atoms with van der Waals surface area (Å²) in [7, 11) is -4.29. The minimum atomic E-state index is -4.29. The molecular weight excluding hydrogens is 440 g/mol. The van der Waals surface area contributed by atoms with Crippen LogP contribution in [0.15, 0.2) is 41.3 Å². The number of halogens is 4. The number of benzene rings is 2. The van der Waals surface area contributed by atoms with Crippen molar-refractivity contribution in [2.75, 3.05) is 18.4 Å². The van der Waals surface area contributed by atoms with E-state index >= 15 is 0 Å². The number of carbonyl (C=O) groups is 1. The van der Waals surface area contributed by atoms with E-state index in [9.17, 15) is 35.9 Å². The second-order valence-corrected chi connectivity index (χ2v) is 9.01. The summed E-state index contributed by atoms with van der Waals surface area (Å²) in [6.45, 7) is -1.50. The van der Waals surface area contributed by atoms with Gasteiger partial charge in [-0.25, -0.2) is 26.0 Å². The van der Waals surface area contributed by atoms with Crippen molar-refractivity contribution in [2.24, 2.45) is 0 Å². The lowest BCUT2D eigenvalue weighted by Gasteiger charge is -2.21. The Morgan fingerprint density at radius 2 is 1.81 bits per heavy atom. The Bertz CT molecular complexity index is 1070. The van der Waals surface area contributed by atoms with E-state index in [4.69, 9.17) is 0 Å². The number of nitrogens with zero attached hydrogens (tertiary/aromatic N) is 1. The van der Waals surface area contributed by atoms with E-state index in [0.717, 1.165) is 34.6 Å². The largest absolute Gasteiger partial charge is 0.390 e. The highest BCUT2D eigenvalue weighted by Gasteiger charge is 2.33. The van der Waals surface area contributed by atoms with Crippen LogP contribution in [0.25, 0.3) is 0 Å². The lowest BCUT2D eigenvalue weighted by atomic mass is 10.1. The fourth-order valence-electron chi connectivity index (χ4n) is 3.23. The topological polar surface area (TPSA) is 86.7 Å². The summed E-state index contributed by atoms with van der Waals surface area (Å²) < 4.78 is 80.7. The van der Waals surface area contributed by atoms with Gasteiger partial charge in [0.25, 0.3) is 5.91 Å². The van der Waals surface area contributed by atoms with Crippen molar-refractivity contribution in [1.82, 2.24) is 4.31 Å². The molecule has 1 aliphatic rings. The van der Waals surface area contributed by atoms with Crippen LogP contribution in [0.3, 0.4) is 0 Å². The molecule has 2 aromatic carbocycles. The highest BCUT2D eigenvalue weighted by molar-refractivity contribution is 7.89. The van der Waals surface area contributed by atoms with E-state index in [1.165, 1.54) is 6.07 Å². The zero-order valence-corrected chi connectivity index (χ0v) is 17.0. The molecule has 2 unspecified atom stereocenters. The molecule has 1 saturated heterocycles. The van der Waals surface area contributed by atoms with Crippen LogP contribution in [0.1, 0.15) is 28.8 Å². The van der Waals surface area contributed by atoms with Crippen LogP contribution < -0.4 is 5.32 Å². The van der Waals surface area contributed by atoms with E-state index in [0.29, 0.717) is 0 Å². The average molecular weight is 460 g/mol. The van der Waals surface area contributed by atoms with Crippen molar-refractivity contribution in [3.8, 4) is 0 Å². The van der Waals surface area contributed by atoms with Gasteiger partial charge in [-0.2, -0.15) is 4.31 Å². The number of alkyl halides is 2. The van der Waals surface area contributed by atoms with Gasteiger partial charge in [0.05, 0.1) is 11.0 Å². The molecule has 6 nitrogen and oxygen atoms in total. The fraction of sp³-hybridized carbons (Fsp3) is 0.350.